The number of benzene rings is 1. The molecule has 0 radical (unpaired) electrons. The van der Waals surface area contributed by atoms with Crippen molar-refractivity contribution in [2.24, 2.45) is 0 Å². The molecule has 4 heteroatoms. The van der Waals surface area contributed by atoms with Crippen LogP contribution >= 0.6 is 15.9 Å². The summed E-state index contributed by atoms with van der Waals surface area (Å²) in [5.74, 6) is 2.11. The van der Waals surface area contributed by atoms with Crippen LogP contribution in [-0.4, -0.2) is 26.2 Å². The number of ether oxygens (including phenoxy) is 3. The second-order valence-corrected chi connectivity index (χ2v) is 4.18. The molecule has 0 atom stereocenters. The lowest BCUT2D eigenvalue weighted by Gasteiger charge is -2.14. The van der Waals surface area contributed by atoms with Crippen molar-refractivity contribution in [1.82, 2.24) is 0 Å². The molecule has 0 fully saturated rings. The molecule has 0 aliphatic carbocycles. The van der Waals surface area contributed by atoms with Crippen molar-refractivity contribution in [3.8, 4) is 17.2 Å². The molecule has 0 amide bonds. The van der Waals surface area contributed by atoms with Gasteiger partial charge in [0.1, 0.15) is 0 Å². The number of hydrogen-bond acceptors (Lipinski definition) is 3. The minimum absolute atomic E-state index is 0.640. The number of methoxy groups -OCH3 is 2. The molecule has 16 heavy (non-hydrogen) atoms. The first-order chi connectivity index (χ1) is 7.72. The Morgan fingerprint density at radius 2 is 1.69 bits per heavy atom. The van der Waals surface area contributed by atoms with E-state index in [4.69, 9.17) is 14.2 Å². The van der Waals surface area contributed by atoms with Crippen LogP contribution in [-0.2, 0) is 0 Å². The van der Waals surface area contributed by atoms with Crippen LogP contribution in [0.3, 0.4) is 0 Å². The fourth-order valence-corrected chi connectivity index (χ4v) is 1.61. The van der Waals surface area contributed by atoms with E-state index in [0.717, 1.165) is 17.3 Å². The molecule has 0 saturated heterocycles. The van der Waals surface area contributed by atoms with E-state index in [2.05, 4.69) is 15.9 Å². The zero-order valence-corrected chi connectivity index (χ0v) is 11.5. The van der Waals surface area contributed by atoms with Crippen LogP contribution in [0.5, 0.6) is 17.2 Å². The van der Waals surface area contributed by atoms with Gasteiger partial charge >= 0.3 is 0 Å². The first kappa shape index (κ1) is 13.2. The van der Waals surface area contributed by atoms with Crippen LogP contribution in [0.1, 0.15) is 12.0 Å². The van der Waals surface area contributed by atoms with E-state index in [9.17, 15) is 0 Å². The lowest BCUT2D eigenvalue weighted by Crippen LogP contribution is -2.02. The summed E-state index contributed by atoms with van der Waals surface area (Å²) >= 11 is 3.36. The third-order valence-electron chi connectivity index (χ3n) is 2.13. The van der Waals surface area contributed by atoms with E-state index in [0.29, 0.717) is 23.9 Å². The van der Waals surface area contributed by atoms with Crippen LogP contribution in [0.2, 0.25) is 0 Å². The van der Waals surface area contributed by atoms with Gasteiger partial charge in [0.05, 0.1) is 20.8 Å². The quantitative estimate of drug-likeness (QED) is 0.594. The molecule has 1 aromatic carbocycles. The van der Waals surface area contributed by atoms with E-state index in [1.165, 1.54) is 0 Å². The first-order valence-electron chi connectivity index (χ1n) is 5.14. The van der Waals surface area contributed by atoms with E-state index >= 15 is 0 Å². The highest BCUT2D eigenvalue weighted by atomic mass is 79.9. The van der Waals surface area contributed by atoms with Gasteiger partial charge in [-0.2, -0.15) is 0 Å². The van der Waals surface area contributed by atoms with Crippen molar-refractivity contribution < 1.29 is 14.2 Å². The van der Waals surface area contributed by atoms with Gasteiger partial charge in [0, 0.05) is 5.33 Å². The summed E-state index contributed by atoms with van der Waals surface area (Å²) in [6.45, 7) is 2.63. The molecular formula is C12H17BrO3. The summed E-state index contributed by atoms with van der Waals surface area (Å²) in [6.07, 6.45) is 0.945. The second-order valence-electron chi connectivity index (χ2n) is 3.39. The maximum absolute atomic E-state index is 5.67. The second kappa shape index (κ2) is 6.63. The topological polar surface area (TPSA) is 27.7 Å². The fourth-order valence-electron chi connectivity index (χ4n) is 1.38. The van der Waals surface area contributed by atoms with E-state index in [-0.39, 0.29) is 0 Å². The molecule has 0 bridgehead atoms. The highest BCUT2D eigenvalue weighted by Gasteiger charge is 2.12. The Balaban J connectivity index is 2.93. The largest absolute Gasteiger partial charge is 0.493 e. The Hall–Kier alpha value is -0.900. The number of rotatable bonds is 6. The predicted octanol–water partition coefficient (Wildman–Crippen LogP) is 3.18. The van der Waals surface area contributed by atoms with Crippen molar-refractivity contribution in [1.29, 1.82) is 0 Å². The summed E-state index contributed by atoms with van der Waals surface area (Å²) in [7, 11) is 3.26. The van der Waals surface area contributed by atoms with Gasteiger partial charge in [-0.05, 0) is 31.0 Å². The van der Waals surface area contributed by atoms with Crippen molar-refractivity contribution in [3.05, 3.63) is 17.7 Å². The van der Waals surface area contributed by atoms with Crippen molar-refractivity contribution in [3.63, 3.8) is 0 Å². The molecule has 0 N–H and O–H groups in total. The standard InChI is InChI=1S/C12H17BrO3/c1-9-7-10(14-2)12(11(8-9)15-3)16-6-4-5-13/h7-8H,4-6H2,1-3H3. The highest BCUT2D eigenvalue weighted by Crippen LogP contribution is 2.38. The van der Waals surface area contributed by atoms with Gasteiger partial charge in [0.25, 0.3) is 0 Å². The molecule has 1 aromatic rings. The smallest absolute Gasteiger partial charge is 0.203 e. The average Bonchev–Trinajstić information content (AvgIpc) is 2.30. The Morgan fingerprint density at radius 3 is 2.12 bits per heavy atom. The van der Waals surface area contributed by atoms with E-state index in [1.54, 1.807) is 14.2 Å². The van der Waals surface area contributed by atoms with Crippen LogP contribution in [0.4, 0.5) is 0 Å². The van der Waals surface area contributed by atoms with Crippen molar-refractivity contribution in [2.45, 2.75) is 13.3 Å². The van der Waals surface area contributed by atoms with Crippen molar-refractivity contribution in [2.75, 3.05) is 26.2 Å². The summed E-state index contributed by atoms with van der Waals surface area (Å²) in [6, 6.07) is 3.87. The summed E-state index contributed by atoms with van der Waals surface area (Å²) in [4.78, 5) is 0. The van der Waals surface area contributed by atoms with E-state index in [1.807, 2.05) is 19.1 Å². The normalized spacial score (nSPS) is 10.0. The number of hydrogen-bond donors (Lipinski definition) is 0. The van der Waals surface area contributed by atoms with Crippen LogP contribution in [0.15, 0.2) is 12.1 Å². The minimum atomic E-state index is 0.640. The Bertz CT molecular complexity index is 314. The summed E-state index contributed by atoms with van der Waals surface area (Å²) in [5, 5.41) is 0.920. The number of halogens is 1. The molecule has 0 unspecified atom stereocenters. The van der Waals surface area contributed by atoms with Crippen LogP contribution in [0.25, 0.3) is 0 Å². The Morgan fingerprint density at radius 1 is 1.12 bits per heavy atom. The first-order valence-corrected chi connectivity index (χ1v) is 6.26. The summed E-state index contributed by atoms with van der Waals surface area (Å²) < 4.78 is 16.2. The monoisotopic (exact) mass is 288 g/mol. The molecule has 0 aliphatic rings. The minimum Gasteiger partial charge on any atom is -0.493 e. The third kappa shape index (κ3) is 3.30. The lowest BCUT2D eigenvalue weighted by molar-refractivity contribution is 0.275. The SMILES string of the molecule is COc1cc(C)cc(OC)c1OCCCBr. The molecule has 90 valence electrons. The van der Waals surface area contributed by atoms with Gasteiger partial charge in [0.15, 0.2) is 11.5 Å². The molecule has 0 aliphatic heterocycles. The Labute approximate surface area is 105 Å². The van der Waals surface area contributed by atoms with Crippen LogP contribution < -0.4 is 14.2 Å². The van der Waals surface area contributed by atoms with Gasteiger partial charge < -0.3 is 14.2 Å². The van der Waals surface area contributed by atoms with Gasteiger partial charge in [0.2, 0.25) is 5.75 Å². The average molecular weight is 289 g/mol. The molecular weight excluding hydrogens is 272 g/mol. The van der Waals surface area contributed by atoms with Gasteiger partial charge in [-0.15, -0.1) is 0 Å². The highest BCUT2D eigenvalue weighted by molar-refractivity contribution is 9.09. The van der Waals surface area contributed by atoms with Gasteiger partial charge in [-0.3, -0.25) is 0 Å². The molecule has 3 nitrogen and oxygen atoms in total. The molecule has 1 rings (SSSR count). The lowest BCUT2D eigenvalue weighted by atomic mass is 10.2. The Kier molecular flexibility index (Phi) is 5.46. The van der Waals surface area contributed by atoms with E-state index < -0.39 is 0 Å². The number of aryl methyl sites for hydroxylation is 1. The zero-order chi connectivity index (χ0) is 12.0. The molecule has 0 saturated carbocycles. The maximum atomic E-state index is 5.67. The molecule has 0 spiro atoms. The van der Waals surface area contributed by atoms with Gasteiger partial charge in [-0.25, -0.2) is 0 Å². The zero-order valence-electron chi connectivity index (χ0n) is 9.88. The van der Waals surface area contributed by atoms with Gasteiger partial charge in [-0.1, -0.05) is 15.9 Å². The van der Waals surface area contributed by atoms with Crippen LogP contribution in [0, 0.1) is 6.92 Å². The maximum Gasteiger partial charge on any atom is 0.203 e. The fraction of sp³-hybridized carbons (Fsp3) is 0.500. The molecule has 0 aromatic heterocycles. The van der Waals surface area contributed by atoms with Crippen molar-refractivity contribution >= 4 is 15.9 Å². The third-order valence-corrected chi connectivity index (χ3v) is 2.69. The molecule has 0 heterocycles. The predicted molar refractivity (Wildman–Crippen MR) is 68.2 cm³/mol. The summed E-state index contributed by atoms with van der Waals surface area (Å²) in [5.41, 5.74) is 1.08. The number of alkyl halides is 1.